The van der Waals surface area contributed by atoms with Gasteiger partial charge in [-0.3, -0.25) is 9.36 Å². The van der Waals surface area contributed by atoms with E-state index in [1.165, 1.54) is 6.33 Å². The van der Waals surface area contributed by atoms with Crippen LogP contribution in [0.25, 0.3) is 27.8 Å². The van der Waals surface area contributed by atoms with E-state index < -0.39 is 12.1 Å². The first-order valence-corrected chi connectivity index (χ1v) is 11.4. The second kappa shape index (κ2) is 8.70. The van der Waals surface area contributed by atoms with E-state index in [1.54, 1.807) is 4.57 Å². The standard InChI is InChI=1S/C27H20FN7O/c1-16-9-8-14-19-20(16)26(36)35(18-12-6-3-7-13-18)25(31-19)21(17-10-4-2-5-11-17)32-24-22-23(30-15-29-22)33-27(28)34-24/h2-15,21H,1H3,(H2,29,30,32,33,34). The highest BCUT2D eigenvalue weighted by atomic mass is 19.1. The number of aromatic nitrogens is 6. The molecule has 36 heavy (non-hydrogen) atoms. The monoisotopic (exact) mass is 477 g/mol. The van der Waals surface area contributed by atoms with E-state index in [2.05, 4.69) is 25.3 Å². The molecule has 6 aromatic rings. The normalized spacial score (nSPS) is 12.2. The maximum atomic E-state index is 14.3. The summed E-state index contributed by atoms with van der Waals surface area (Å²) in [5.41, 5.74) is 3.33. The number of rotatable bonds is 5. The second-order valence-corrected chi connectivity index (χ2v) is 8.34. The summed E-state index contributed by atoms with van der Waals surface area (Å²) in [4.78, 5) is 33.8. The highest BCUT2D eigenvalue weighted by Crippen LogP contribution is 2.29. The predicted molar refractivity (Wildman–Crippen MR) is 136 cm³/mol. The van der Waals surface area contributed by atoms with Crippen LogP contribution >= 0.6 is 0 Å². The third-order valence-electron chi connectivity index (χ3n) is 6.07. The molecule has 176 valence electrons. The number of benzene rings is 3. The molecule has 0 spiro atoms. The van der Waals surface area contributed by atoms with Crippen LogP contribution in [-0.2, 0) is 0 Å². The van der Waals surface area contributed by atoms with Gasteiger partial charge in [0, 0.05) is 0 Å². The molecule has 9 heteroatoms. The number of halogens is 1. The molecule has 6 rings (SSSR count). The lowest BCUT2D eigenvalue weighted by Crippen LogP contribution is -2.29. The summed E-state index contributed by atoms with van der Waals surface area (Å²) in [5.74, 6) is 0.615. The Morgan fingerprint density at radius 2 is 1.67 bits per heavy atom. The third-order valence-corrected chi connectivity index (χ3v) is 6.07. The number of anilines is 1. The van der Waals surface area contributed by atoms with Crippen molar-refractivity contribution in [2.75, 3.05) is 5.32 Å². The van der Waals surface area contributed by atoms with Crippen LogP contribution in [0.3, 0.4) is 0 Å². The summed E-state index contributed by atoms with van der Waals surface area (Å²) in [5, 5.41) is 3.84. The molecule has 0 radical (unpaired) electrons. The van der Waals surface area contributed by atoms with Crippen molar-refractivity contribution in [2.24, 2.45) is 0 Å². The Hall–Kier alpha value is -4.92. The van der Waals surface area contributed by atoms with Gasteiger partial charge >= 0.3 is 6.08 Å². The average molecular weight is 478 g/mol. The molecule has 3 heterocycles. The summed E-state index contributed by atoms with van der Waals surface area (Å²) in [7, 11) is 0. The summed E-state index contributed by atoms with van der Waals surface area (Å²) in [6, 6.07) is 23.8. The largest absolute Gasteiger partial charge is 0.354 e. The maximum Gasteiger partial charge on any atom is 0.312 e. The molecule has 0 fully saturated rings. The SMILES string of the molecule is Cc1cccc2nc(C(Nc3nc(F)nc4[nH]cnc34)c3ccccc3)n(-c3ccccc3)c(=O)c12. The number of nitrogens with one attached hydrogen (secondary N) is 2. The molecular weight excluding hydrogens is 457 g/mol. The molecule has 0 saturated heterocycles. The molecule has 0 saturated carbocycles. The van der Waals surface area contributed by atoms with Crippen LogP contribution in [0, 0.1) is 13.0 Å². The van der Waals surface area contributed by atoms with Gasteiger partial charge in [-0.05, 0) is 36.2 Å². The fraction of sp³-hybridized carbons (Fsp3) is 0.0741. The molecule has 1 atom stereocenters. The lowest BCUT2D eigenvalue weighted by Gasteiger charge is -2.24. The van der Waals surface area contributed by atoms with Crippen molar-refractivity contribution in [1.82, 2.24) is 29.5 Å². The van der Waals surface area contributed by atoms with Gasteiger partial charge in [0.1, 0.15) is 17.4 Å². The van der Waals surface area contributed by atoms with Crippen LogP contribution in [0.15, 0.2) is 90.0 Å². The second-order valence-electron chi connectivity index (χ2n) is 8.34. The number of aromatic amines is 1. The van der Waals surface area contributed by atoms with Crippen LogP contribution < -0.4 is 10.9 Å². The van der Waals surface area contributed by atoms with Gasteiger partial charge in [-0.2, -0.15) is 14.4 Å². The van der Waals surface area contributed by atoms with Gasteiger partial charge in [0.25, 0.3) is 5.56 Å². The zero-order valence-corrected chi connectivity index (χ0v) is 19.2. The highest BCUT2D eigenvalue weighted by Gasteiger charge is 2.25. The average Bonchev–Trinajstić information content (AvgIpc) is 3.37. The third kappa shape index (κ3) is 3.67. The lowest BCUT2D eigenvalue weighted by atomic mass is 10.0. The fourth-order valence-corrected chi connectivity index (χ4v) is 4.42. The molecule has 0 amide bonds. The zero-order valence-electron chi connectivity index (χ0n) is 19.2. The van der Waals surface area contributed by atoms with E-state index in [0.717, 1.165) is 11.1 Å². The van der Waals surface area contributed by atoms with Crippen LogP contribution in [0.4, 0.5) is 10.2 Å². The van der Waals surface area contributed by atoms with Crippen molar-refractivity contribution in [3.63, 3.8) is 0 Å². The van der Waals surface area contributed by atoms with E-state index in [-0.39, 0.29) is 17.0 Å². The van der Waals surface area contributed by atoms with Crippen LogP contribution in [0.5, 0.6) is 0 Å². The van der Waals surface area contributed by atoms with Gasteiger partial charge in [0.2, 0.25) is 0 Å². The molecule has 0 bridgehead atoms. The Morgan fingerprint density at radius 3 is 2.44 bits per heavy atom. The Kier molecular flexibility index (Phi) is 5.22. The number of fused-ring (bicyclic) bond motifs is 2. The van der Waals surface area contributed by atoms with Gasteiger partial charge < -0.3 is 10.3 Å². The summed E-state index contributed by atoms with van der Waals surface area (Å²) >= 11 is 0. The molecule has 0 aliphatic heterocycles. The molecule has 1 unspecified atom stereocenters. The van der Waals surface area contributed by atoms with Crippen LogP contribution in [0.2, 0.25) is 0 Å². The minimum atomic E-state index is -0.899. The first-order valence-electron chi connectivity index (χ1n) is 11.4. The number of para-hydroxylation sites is 1. The van der Waals surface area contributed by atoms with Crippen molar-refractivity contribution >= 4 is 27.9 Å². The Morgan fingerprint density at radius 1 is 0.917 bits per heavy atom. The number of aryl methyl sites for hydroxylation is 1. The summed E-state index contributed by atoms with van der Waals surface area (Å²) < 4.78 is 15.9. The summed E-state index contributed by atoms with van der Waals surface area (Å²) in [6.07, 6.45) is 0.530. The van der Waals surface area contributed by atoms with E-state index in [4.69, 9.17) is 4.98 Å². The van der Waals surface area contributed by atoms with Crippen molar-refractivity contribution in [3.8, 4) is 5.69 Å². The summed E-state index contributed by atoms with van der Waals surface area (Å²) in [6.45, 7) is 1.89. The quantitative estimate of drug-likeness (QED) is 0.349. The number of nitrogens with zero attached hydrogens (tertiary/aromatic N) is 5. The first-order chi connectivity index (χ1) is 17.6. The first kappa shape index (κ1) is 21.6. The molecule has 8 nitrogen and oxygen atoms in total. The fourth-order valence-electron chi connectivity index (χ4n) is 4.42. The number of H-pyrrole nitrogens is 1. The van der Waals surface area contributed by atoms with E-state index in [0.29, 0.717) is 27.9 Å². The minimum absolute atomic E-state index is 0.186. The smallest absolute Gasteiger partial charge is 0.312 e. The van der Waals surface area contributed by atoms with Crippen molar-refractivity contribution in [1.29, 1.82) is 0 Å². The molecule has 0 aliphatic rings. The zero-order chi connectivity index (χ0) is 24.6. The minimum Gasteiger partial charge on any atom is -0.354 e. The number of imidazole rings is 1. The van der Waals surface area contributed by atoms with E-state index >= 15 is 0 Å². The topological polar surface area (TPSA) is 101 Å². The van der Waals surface area contributed by atoms with Crippen LogP contribution in [-0.4, -0.2) is 29.5 Å². The van der Waals surface area contributed by atoms with Gasteiger partial charge in [0.05, 0.1) is 22.9 Å². The van der Waals surface area contributed by atoms with Crippen molar-refractivity contribution in [2.45, 2.75) is 13.0 Å². The Labute approximate surface area is 204 Å². The molecule has 3 aromatic heterocycles. The molecular formula is C27H20FN7O. The number of hydrogen-bond acceptors (Lipinski definition) is 6. The van der Waals surface area contributed by atoms with Gasteiger partial charge in [-0.1, -0.05) is 60.7 Å². The Bertz CT molecular complexity index is 1760. The van der Waals surface area contributed by atoms with E-state index in [9.17, 15) is 9.18 Å². The predicted octanol–water partition coefficient (Wildman–Crippen LogP) is 4.70. The van der Waals surface area contributed by atoms with Crippen molar-refractivity contribution < 1.29 is 4.39 Å². The molecule has 2 N–H and O–H groups in total. The van der Waals surface area contributed by atoms with Gasteiger partial charge in [-0.15, -0.1) is 0 Å². The Balaban J connectivity index is 1.66. The number of hydrogen-bond donors (Lipinski definition) is 2. The van der Waals surface area contributed by atoms with Crippen LogP contribution in [0.1, 0.15) is 23.0 Å². The van der Waals surface area contributed by atoms with Gasteiger partial charge in [0.15, 0.2) is 11.5 Å². The van der Waals surface area contributed by atoms with Gasteiger partial charge in [-0.25, -0.2) is 9.97 Å². The maximum absolute atomic E-state index is 14.3. The lowest BCUT2D eigenvalue weighted by molar-refractivity contribution is 0.544. The highest BCUT2D eigenvalue weighted by molar-refractivity contribution is 5.83. The molecule has 0 aliphatic carbocycles. The van der Waals surface area contributed by atoms with Crippen molar-refractivity contribution in [3.05, 3.63) is 119 Å². The molecule has 3 aromatic carbocycles. The van der Waals surface area contributed by atoms with E-state index in [1.807, 2.05) is 85.8 Å².